The molecule has 2 rings (SSSR count). The van der Waals surface area contributed by atoms with E-state index in [1.807, 2.05) is 0 Å². The molecule has 1 N–H and O–H groups in total. The van der Waals surface area contributed by atoms with Gasteiger partial charge in [-0.2, -0.15) is 0 Å². The quantitative estimate of drug-likeness (QED) is 0.867. The first kappa shape index (κ1) is 15.8. The number of halogens is 2. The van der Waals surface area contributed by atoms with Crippen LogP contribution in [-0.4, -0.2) is 40.2 Å². The second kappa shape index (κ2) is 6.43. The van der Waals surface area contributed by atoms with Gasteiger partial charge in [0.15, 0.2) is 11.6 Å². The Kier molecular flexibility index (Phi) is 4.82. The second-order valence-corrected chi connectivity index (χ2v) is 6.05. The SMILES string of the molecule is CC1CCN(C(=O)CSc2ccc(F)c(F)c2)C1C(=O)O. The summed E-state index contributed by atoms with van der Waals surface area (Å²) in [6, 6.07) is 2.61. The summed E-state index contributed by atoms with van der Waals surface area (Å²) in [6.45, 7) is 2.21. The molecule has 0 aliphatic carbocycles. The topological polar surface area (TPSA) is 57.6 Å². The van der Waals surface area contributed by atoms with E-state index in [1.54, 1.807) is 6.92 Å². The number of amides is 1. The van der Waals surface area contributed by atoms with Gasteiger partial charge in [0.2, 0.25) is 5.91 Å². The third kappa shape index (κ3) is 3.53. The molecule has 4 nitrogen and oxygen atoms in total. The molecule has 21 heavy (non-hydrogen) atoms. The van der Waals surface area contributed by atoms with E-state index in [9.17, 15) is 18.4 Å². The third-order valence-electron chi connectivity index (χ3n) is 3.53. The summed E-state index contributed by atoms with van der Waals surface area (Å²) in [4.78, 5) is 25.1. The zero-order chi connectivity index (χ0) is 15.6. The molecule has 0 spiro atoms. The Bertz CT molecular complexity index is 567. The molecule has 1 aliphatic rings. The van der Waals surface area contributed by atoms with Crippen molar-refractivity contribution in [2.24, 2.45) is 5.92 Å². The number of carboxylic acid groups (broad SMARTS) is 1. The van der Waals surface area contributed by atoms with Crippen LogP contribution >= 0.6 is 11.8 Å². The molecule has 1 saturated heterocycles. The number of thioether (sulfide) groups is 1. The number of rotatable bonds is 4. The van der Waals surface area contributed by atoms with E-state index < -0.39 is 23.6 Å². The maximum atomic E-state index is 13.1. The molecule has 1 aromatic rings. The van der Waals surface area contributed by atoms with Crippen molar-refractivity contribution in [3.8, 4) is 0 Å². The lowest BCUT2D eigenvalue weighted by Crippen LogP contribution is -2.43. The highest BCUT2D eigenvalue weighted by Gasteiger charge is 2.39. The Morgan fingerprint density at radius 1 is 1.38 bits per heavy atom. The van der Waals surface area contributed by atoms with Crippen LogP contribution in [0.15, 0.2) is 23.1 Å². The molecule has 7 heteroatoms. The normalized spacial score (nSPS) is 21.6. The number of likely N-dealkylation sites (tertiary alicyclic amines) is 1. The lowest BCUT2D eigenvalue weighted by Gasteiger charge is -2.23. The number of hydrogen-bond donors (Lipinski definition) is 1. The van der Waals surface area contributed by atoms with Crippen LogP contribution in [0.25, 0.3) is 0 Å². The van der Waals surface area contributed by atoms with Crippen molar-refractivity contribution in [3.63, 3.8) is 0 Å². The fraction of sp³-hybridized carbons (Fsp3) is 0.429. The Balaban J connectivity index is 1.98. The number of carbonyl (C=O) groups is 2. The van der Waals surface area contributed by atoms with E-state index in [0.29, 0.717) is 17.9 Å². The van der Waals surface area contributed by atoms with Crippen LogP contribution in [0.1, 0.15) is 13.3 Å². The zero-order valence-corrected chi connectivity index (χ0v) is 12.2. The molecule has 1 aromatic carbocycles. The Morgan fingerprint density at radius 3 is 2.71 bits per heavy atom. The summed E-state index contributed by atoms with van der Waals surface area (Å²) < 4.78 is 25.9. The molecule has 0 saturated carbocycles. The Morgan fingerprint density at radius 2 is 2.10 bits per heavy atom. The van der Waals surface area contributed by atoms with E-state index >= 15 is 0 Å². The van der Waals surface area contributed by atoms with Gasteiger partial charge in [-0.15, -0.1) is 11.8 Å². The standard InChI is InChI=1S/C14H15F2NO3S/c1-8-4-5-17(13(8)14(19)20)12(18)7-21-9-2-3-10(15)11(16)6-9/h2-3,6,8,13H,4-5,7H2,1H3,(H,19,20). The van der Waals surface area contributed by atoms with Gasteiger partial charge >= 0.3 is 5.97 Å². The molecule has 1 aliphatic heterocycles. The number of carbonyl (C=O) groups excluding carboxylic acids is 1. The van der Waals surface area contributed by atoms with Crippen molar-refractivity contribution in [2.75, 3.05) is 12.3 Å². The number of aliphatic carboxylic acids is 1. The number of hydrogen-bond acceptors (Lipinski definition) is 3. The molecule has 0 bridgehead atoms. The maximum Gasteiger partial charge on any atom is 0.326 e. The molecule has 114 valence electrons. The van der Waals surface area contributed by atoms with E-state index in [-0.39, 0.29) is 17.6 Å². The van der Waals surface area contributed by atoms with Crippen LogP contribution in [0.3, 0.4) is 0 Å². The van der Waals surface area contributed by atoms with E-state index in [2.05, 4.69) is 0 Å². The smallest absolute Gasteiger partial charge is 0.326 e. The van der Waals surface area contributed by atoms with E-state index in [0.717, 1.165) is 23.9 Å². The van der Waals surface area contributed by atoms with Gasteiger partial charge < -0.3 is 10.0 Å². The van der Waals surface area contributed by atoms with Gasteiger partial charge in [0.05, 0.1) is 5.75 Å². The van der Waals surface area contributed by atoms with Gasteiger partial charge in [0.25, 0.3) is 0 Å². The van der Waals surface area contributed by atoms with Gasteiger partial charge in [-0.3, -0.25) is 4.79 Å². The summed E-state index contributed by atoms with van der Waals surface area (Å²) in [5.74, 6) is -3.30. The van der Waals surface area contributed by atoms with E-state index in [1.165, 1.54) is 11.0 Å². The first-order chi connectivity index (χ1) is 9.90. The average molecular weight is 315 g/mol. The Labute approximate surface area is 125 Å². The maximum absolute atomic E-state index is 13.1. The van der Waals surface area contributed by atoms with Gasteiger partial charge in [-0.25, -0.2) is 13.6 Å². The predicted molar refractivity (Wildman–Crippen MR) is 74.0 cm³/mol. The van der Waals surface area contributed by atoms with Crippen LogP contribution in [-0.2, 0) is 9.59 Å². The first-order valence-electron chi connectivity index (χ1n) is 6.50. The molecule has 0 radical (unpaired) electrons. The van der Waals surface area contributed by atoms with Gasteiger partial charge in [-0.05, 0) is 30.5 Å². The van der Waals surface area contributed by atoms with Crippen molar-refractivity contribution in [2.45, 2.75) is 24.3 Å². The highest BCUT2D eigenvalue weighted by atomic mass is 32.2. The number of nitrogens with zero attached hydrogens (tertiary/aromatic N) is 1. The van der Waals surface area contributed by atoms with Crippen LogP contribution in [0.5, 0.6) is 0 Å². The van der Waals surface area contributed by atoms with E-state index in [4.69, 9.17) is 5.11 Å². The minimum atomic E-state index is -1.01. The van der Waals surface area contributed by atoms with Gasteiger partial charge in [0.1, 0.15) is 6.04 Å². The molecular formula is C14H15F2NO3S. The second-order valence-electron chi connectivity index (χ2n) is 5.00. The molecule has 1 heterocycles. The predicted octanol–water partition coefficient (Wildman–Crippen LogP) is 2.38. The first-order valence-corrected chi connectivity index (χ1v) is 7.49. The lowest BCUT2D eigenvalue weighted by molar-refractivity contribution is -0.148. The number of benzene rings is 1. The fourth-order valence-electron chi connectivity index (χ4n) is 2.40. The summed E-state index contributed by atoms with van der Waals surface area (Å²) in [5.41, 5.74) is 0. The highest BCUT2D eigenvalue weighted by molar-refractivity contribution is 8.00. The molecule has 2 unspecified atom stereocenters. The average Bonchev–Trinajstić information content (AvgIpc) is 2.82. The molecule has 1 amide bonds. The number of carboxylic acids is 1. The van der Waals surface area contributed by atoms with Crippen molar-refractivity contribution < 1.29 is 23.5 Å². The highest BCUT2D eigenvalue weighted by Crippen LogP contribution is 2.26. The van der Waals surface area contributed by atoms with Gasteiger partial charge in [0, 0.05) is 11.4 Å². The van der Waals surface area contributed by atoms with Crippen LogP contribution in [0.4, 0.5) is 8.78 Å². The fourth-order valence-corrected chi connectivity index (χ4v) is 3.21. The molecule has 1 fully saturated rings. The zero-order valence-electron chi connectivity index (χ0n) is 11.4. The summed E-state index contributed by atoms with van der Waals surface area (Å²) in [7, 11) is 0. The van der Waals surface area contributed by atoms with Crippen molar-refractivity contribution in [1.29, 1.82) is 0 Å². The van der Waals surface area contributed by atoms with Crippen LogP contribution < -0.4 is 0 Å². The van der Waals surface area contributed by atoms with Gasteiger partial charge in [-0.1, -0.05) is 6.92 Å². The molecular weight excluding hydrogens is 300 g/mol. The minimum absolute atomic E-state index is 0.00156. The molecule has 0 aromatic heterocycles. The summed E-state index contributed by atoms with van der Waals surface area (Å²) >= 11 is 1.06. The summed E-state index contributed by atoms with van der Waals surface area (Å²) in [6.07, 6.45) is 0.651. The third-order valence-corrected chi connectivity index (χ3v) is 4.51. The molecule has 2 atom stereocenters. The van der Waals surface area contributed by atoms with Crippen molar-refractivity contribution >= 4 is 23.6 Å². The monoisotopic (exact) mass is 315 g/mol. The Hall–Kier alpha value is -1.63. The lowest BCUT2D eigenvalue weighted by atomic mass is 10.0. The largest absolute Gasteiger partial charge is 0.480 e. The van der Waals surface area contributed by atoms with Crippen LogP contribution in [0, 0.1) is 17.6 Å². The summed E-state index contributed by atoms with van der Waals surface area (Å²) in [5, 5.41) is 9.16. The van der Waals surface area contributed by atoms with Crippen molar-refractivity contribution in [1.82, 2.24) is 4.90 Å². The van der Waals surface area contributed by atoms with Crippen LogP contribution in [0.2, 0.25) is 0 Å². The van der Waals surface area contributed by atoms with Crippen molar-refractivity contribution in [3.05, 3.63) is 29.8 Å². The minimum Gasteiger partial charge on any atom is -0.480 e.